The fraction of sp³-hybridized carbons (Fsp3) is 0.700. The average molecular weight is 321 g/mol. The smallest absolute Gasteiger partial charge is 0.0575 e. The lowest BCUT2D eigenvalue weighted by Crippen LogP contribution is -2.22. The molecule has 1 aliphatic rings. The van der Waals surface area contributed by atoms with Gasteiger partial charge in [-0.1, -0.05) is 44.4 Å². The summed E-state index contributed by atoms with van der Waals surface area (Å²) in [5.41, 5.74) is 0. The van der Waals surface area contributed by atoms with Crippen LogP contribution in [0.3, 0.4) is 0 Å². The second-order valence-electron chi connectivity index (χ2n) is 6.52. The predicted octanol–water partition coefficient (Wildman–Crippen LogP) is 6.32. The molecule has 0 bridgehead atoms. The highest BCUT2D eigenvalue weighted by atomic mass is 32.2. The molecular formula is C20H32OS. The van der Waals surface area contributed by atoms with Crippen molar-refractivity contribution in [2.75, 3.05) is 12.4 Å². The van der Waals surface area contributed by atoms with Crippen LogP contribution in [0.5, 0.6) is 0 Å². The van der Waals surface area contributed by atoms with Gasteiger partial charge in [0.2, 0.25) is 0 Å². The highest BCUT2D eigenvalue weighted by Crippen LogP contribution is 2.30. The summed E-state index contributed by atoms with van der Waals surface area (Å²) in [6.07, 6.45) is 12.5. The van der Waals surface area contributed by atoms with Crippen LogP contribution in [0, 0.1) is 5.92 Å². The number of ether oxygens (including phenoxy) is 1. The zero-order valence-corrected chi connectivity index (χ0v) is 15.0. The summed E-state index contributed by atoms with van der Waals surface area (Å²) in [6.45, 7) is 3.25. The molecule has 22 heavy (non-hydrogen) atoms. The first-order chi connectivity index (χ1) is 10.9. The van der Waals surface area contributed by atoms with Crippen molar-refractivity contribution in [2.24, 2.45) is 5.92 Å². The van der Waals surface area contributed by atoms with E-state index in [4.69, 9.17) is 4.74 Å². The molecule has 2 rings (SSSR count). The average Bonchev–Trinajstić information content (AvgIpc) is 2.57. The van der Waals surface area contributed by atoms with Crippen molar-refractivity contribution in [3.05, 3.63) is 30.3 Å². The van der Waals surface area contributed by atoms with Crippen molar-refractivity contribution in [3.8, 4) is 0 Å². The minimum absolute atomic E-state index is 0.555. The Morgan fingerprint density at radius 1 is 1.00 bits per heavy atom. The highest BCUT2D eigenvalue weighted by molar-refractivity contribution is 7.99. The Labute approximate surface area is 141 Å². The van der Waals surface area contributed by atoms with Crippen molar-refractivity contribution in [2.45, 2.75) is 75.7 Å². The topological polar surface area (TPSA) is 9.23 Å². The molecule has 0 aromatic heterocycles. The van der Waals surface area contributed by atoms with Crippen molar-refractivity contribution in [1.29, 1.82) is 0 Å². The number of unbranched alkanes of at least 4 members (excludes halogenated alkanes) is 3. The van der Waals surface area contributed by atoms with Gasteiger partial charge in [-0.25, -0.2) is 0 Å². The number of hydrogen-bond donors (Lipinski definition) is 0. The van der Waals surface area contributed by atoms with Crippen LogP contribution in [0.15, 0.2) is 35.2 Å². The first-order valence-corrected chi connectivity index (χ1v) is 10.2. The standard InChI is InChI=1S/C20H32OS/c1-2-3-4-8-16-21-19-13-11-18(12-14-19)15-17-22-20-9-6-5-7-10-20/h5-7,9-10,18-19H,2-4,8,11-17H2,1H3. The van der Waals surface area contributed by atoms with E-state index in [1.54, 1.807) is 0 Å². The SMILES string of the molecule is CCCCCCOC1CCC(CCSc2ccccc2)CC1. The number of thioether (sulfide) groups is 1. The Morgan fingerprint density at radius 3 is 2.50 bits per heavy atom. The van der Waals surface area contributed by atoms with Gasteiger partial charge in [0, 0.05) is 11.5 Å². The van der Waals surface area contributed by atoms with Crippen LogP contribution in [0.2, 0.25) is 0 Å². The summed E-state index contributed by atoms with van der Waals surface area (Å²) >= 11 is 2.01. The van der Waals surface area contributed by atoms with Crippen LogP contribution in [-0.2, 0) is 4.74 Å². The van der Waals surface area contributed by atoms with Gasteiger partial charge in [-0.3, -0.25) is 0 Å². The van der Waals surface area contributed by atoms with Crippen molar-refractivity contribution in [3.63, 3.8) is 0 Å². The van der Waals surface area contributed by atoms with Gasteiger partial charge in [0.1, 0.15) is 0 Å². The zero-order valence-electron chi connectivity index (χ0n) is 14.1. The maximum absolute atomic E-state index is 6.05. The van der Waals surface area contributed by atoms with E-state index in [2.05, 4.69) is 37.3 Å². The third kappa shape index (κ3) is 7.19. The lowest BCUT2D eigenvalue weighted by atomic mass is 9.86. The molecule has 0 heterocycles. The number of rotatable bonds is 10. The molecule has 0 spiro atoms. The number of hydrogen-bond acceptors (Lipinski definition) is 2. The molecule has 0 saturated heterocycles. The van der Waals surface area contributed by atoms with Crippen LogP contribution >= 0.6 is 11.8 Å². The molecule has 0 N–H and O–H groups in total. The fourth-order valence-electron chi connectivity index (χ4n) is 3.23. The quantitative estimate of drug-likeness (QED) is 0.368. The lowest BCUT2D eigenvalue weighted by Gasteiger charge is -2.28. The molecular weight excluding hydrogens is 288 g/mol. The van der Waals surface area contributed by atoms with Crippen molar-refractivity contribution < 1.29 is 4.74 Å². The van der Waals surface area contributed by atoms with Crippen molar-refractivity contribution >= 4 is 11.8 Å². The Kier molecular flexibility index (Phi) is 9.04. The summed E-state index contributed by atoms with van der Waals surface area (Å²) in [5.74, 6) is 2.19. The molecule has 1 nitrogen and oxygen atoms in total. The van der Waals surface area contributed by atoms with Gasteiger partial charge in [0.05, 0.1) is 6.10 Å². The van der Waals surface area contributed by atoms with E-state index in [1.165, 1.54) is 68.4 Å². The summed E-state index contributed by atoms with van der Waals surface area (Å²) in [5, 5.41) is 0. The van der Waals surface area contributed by atoms with Gasteiger partial charge in [-0.2, -0.15) is 0 Å². The van der Waals surface area contributed by atoms with E-state index in [0.717, 1.165) is 12.5 Å². The first kappa shape index (κ1) is 17.9. The van der Waals surface area contributed by atoms with Gasteiger partial charge < -0.3 is 4.74 Å². The molecule has 1 saturated carbocycles. The minimum atomic E-state index is 0.555. The summed E-state index contributed by atoms with van der Waals surface area (Å²) in [7, 11) is 0. The zero-order chi connectivity index (χ0) is 15.5. The van der Waals surface area contributed by atoms with E-state index in [1.807, 2.05) is 11.8 Å². The summed E-state index contributed by atoms with van der Waals surface area (Å²) < 4.78 is 6.05. The molecule has 1 aromatic rings. The van der Waals surface area contributed by atoms with Gasteiger partial charge in [-0.15, -0.1) is 11.8 Å². The van der Waals surface area contributed by atoms with Gasteiger partial charge in [0.25, 0.3) is 0 Å². The van der Waals surface area contributed by atoms with Crippen LogP contribution in [0.25, 0.3) is 0 Å². The highest BCUT2D eigenvalue weighted by Gasteiger charge is 2.21. The third-order valence-corrected chi connectivity index (χ3v) is 5.73. The molecule has 0 atom stereocenters. The second kappa shape index (κ2) is 11.1. The fourth-order valence-corrected chi connectivity index (χ4v) is 4.26. The minimum Gasteiger partial charge on any atom is -0.378 e. The molecule has 124 valence electrons. The maximum Gasteiger partial charge on any atom is 0.0575 e. The predicted molar refractivity (Wildman–Crippen MR) is 97.6 cm³/mol. The van der Waals surface area contributed by atoms with Crippen LogP contribution in [0.4, 0.5) is 0 Å². The molecule has 0 aliphatic heterocycles. The van der Waals surface area contributed by atoms with E-state index in [0.29, 0.717) is 6.10 Å². The van der Waals surface area contributed by atoms with E-state index in [9.17, 15) is 0 Å². The van der Waals surface area contributed by atoms with Crippen LogP contribution < -0.4 is 0 Å². The molecule has 2 heteroatoms. The largest absolute Gasteiger partial charge is 0.378 e. The molecule has 0 amide bonds. The summed E-state index contributed by atoms with van der Waals surface area (Å²) in [4.78, 5) is 1.41. The van der Waals surface area contributed by atoms with E-state index in [-0.39, 0.29) is 0 Å². The Hall–Kier alpha value is -0.470. The molecule has 1 fully saturated rings. The van der Waals surface area contributed by atoms with E-state index >= 15 is 0 Å². The summed E-state index contributed by atoms with van der Waals surface area (Å²) in [6, 6.07) is 10.8. The lowest BCUT2D eigenvalue weighted by molar-refractivity contribution is 0.0159. The number of benzene rings is 1. The third-order valence-electron chi connectivity index (χ3n) is 4.68. The van der Waals surface area contributed by atoms with Crippen LogP contribution in [-0.4, -0.2) is 18.5 Å². The Balaban J connectivity index is 1.50. The molecule has 1 aromatic carbocycles. The normalized spacial score (nSPS) is 21.9. The Morgan fingerprint density at radius 2 is 1.77 bits per heavy atom. The van der Waals surface area contributed by atoms with E-state index < -0.39 is 0 Å². The maximum atomic E-state index is 6.05. The first-order valence-electron chi connectivity index (χ1n) is 9.18. The molecule has 1 aliphatic carbocycles. The van der Waals surface area contributed by atoms with Gasteiger partial charge in [-0.05, 0) is 62.3 Å². The van der Waals surface area contributed by atoms with Gasteiger partial charge in [0.15, 0.2) is 0 Å². The van der Waals surface area contributed by atoms with Crippen molar-refractivity contribution in [1.82, 2.24) is 0 Å². The molecule has 0 radical (unpaired) electrons. The Bertz CT molecular complexity index is 371. The van der Waals surface area contributed by atoms with Gasteiger partial charge >= 0.3 is 0 Å². The van der Waals surface area contributed by atoms with Crippen LogP contribution in [0.1, 0.15) is 64.7 Å². The molecule has 0 unspecified atom stereocenters. The monoisotopic (exact) mass is 320 g/mol. The second-order valence-corrected chi connectivity index (χ2v) is 7.69.